The Bertz CT molecular complexity index is 1440. The third-order valence-corrected chi connectivity index (χ3v) is 6.67. The van der Waals surface area contributed by atoms with Crippen LogP contribution in [0.25, 0.3) is 28.0 Å². The zero-order valence-electron chi connectivity index (χ0n) is 16.9. The van der Waals surface area contributed by atoms with Crippen LogP contribution in [0.15, 0.2) is 73.8 Å². The van der Waals surface area contributed by atoms with E-state index in [1.54, 1.807) is 15.9 Å². The van der Waals surface area contributed by atoms with Crippen molar-refractivity contribution in [2.75, 3.05) is 0 Å². The van der Waals surface area contributed by atoms with Crippen molar-refractivity contribution >= 4 is 34.0 Å². The van der Waals surface area contributed by atoms with Crippen LogP contribution in [0.4, 0.5) is 0 Å². The Hall–Kier alpha value is -3.23. The average Bonchev–Trinajstić information content (AvgIpc) is 3.46. The maximum atomic E-state index is 13.4. The van der Waals surface area contributed by atoms with Crippen LogP contribution in [0.1, 0.15) is 17.0 Å². The minimum Gasteiger partial charge on any atom is -0.338 e. The fraction of sp³-hybridized carbons (Fsp3) is 0.130. The summed E-state index contributed by atoms with van der Waals surface area (Å²) in [5, 5.41) is 9.18. The number of benzene rings is 2. The highest BCUT2D eigenvalue weighted by Gasteiger charge is 2.16. The molecule has 3 heterocycles. The molecule has 6 nitrogen and oxygen atoms in total. The summed E-state index contributed by atoms with van der Waals surface area (Å²) < 4.78 is 7.08. The largest absolute Gasteiger partial charge is 0.338 e. The molecule has 0 N–H and O–H groups in total. The lowest BCUT2D eigenvalue weighted by Crippen LogP contribution is -2.22. The van der Waals surface area contributed by atoms with Crippen molar-refractivity contribution in [3.63, 3.8) is 0 Å². The summed E-state index contributed by atoms with van der Waals surface area (Å²) >= 11 is 2.99. The Morgan fingerprint density at radius 3 is 2.74 bits per heavy atom. The summed E-state index contributed by atoms with van der Waals surface area (Å²) in [6.45, 7) is 4.09. The maximum Gasteiger partial charge on any atom is 0.266 e. The molecule has 0 saturated carbocycles. The third-order valence-electron chi connectivity index (χ3n) is 5.07. The molecule has 0 radical (unpaired) electrons. The molecule has 8 heteroatoms. The fourth-order valence-corrected chi connectivity index (χ4v) is 4.73. The number of aromatic nitrogens is 4. The summed E-state index contributed by atoms with van der Waals surface area (Å²) in [7, 11) is 0. The van der Waals surface area contributed by atoms with E-state index in [0.717, 1.165) is 16.8 Å². The van der Waals surface area contributed by atoms with Gasteiger partial charge in [0.05, 0.1) is 22.3 Å². The lowest BCUT2D eigenvalue weighted by Gasteiger charge is -2.14. The van der Waals surface area contributed by atoms with Gasteiger partial charge in [-0.2, -0.15) is 16.3 Å². The normalized spacial score (nSPS) is 11.3. The number of thioether (sulfide) groups is 1. The predicted octanol–water partition coefficient (Wildman–Crippen LogP) is 5.41. The number of hydrogen-bond donors (Lipinski definition) is 0. The van der Waals surface area contributed by atoms with Crippen molar-refractivity contribution in [1.82, 2.24) is 19.7 Å². The highest BCUT2D eigenvalue weighted by Crippen LogP contribution is 2.26. The van der Waals surface area contributed by atoms with Crippen molar-refractivity contribution in [2.45, 2.75) is 24.8 Å². The Balaban J connectivity index is 1.55. The Kier molecular flexibility index (Phi) is 5.17. The molecular formula is C23H18N4O2S2. The zero-order chi connectivity index (χ0) is 21.4. The molecule has 5 aromatic rings. The topological polar surface area (TPSA) is 73.8 Å². The quantitative estimate of drug-likeness (QED) is 0.266. The van der Waals surface area contributed by atoms with Crippen LogP contribution >= 0.6 is 23.1 Å². The highest BCUT2D eigenvalue weighted by molar-refractivity contribution is 7.98. The van der Waals surface area contributed by atoms with E-state index in [1.165, 1.54) is 17.3 Å². The van der Waals surface area contributed by atoms with Gasteiger partial charge in [-0.25, -0.2) is 4.98 Å². The average molecular weight is 447 g/mol. The van der Waals surface area contributed by atoms with E-state index in [0.29, 0.717) is 33.5 Å². The first kappa shape index (κ1) is 19.7. The maximum absolute atomic E-state index is 13.4. The number of nitrogens with zero attached hydrogens (tertiary/aromatic N) is 4. The lowest BCUT2D eigenvalue weighted by atomic mass is 10.1. The first-order valence-corrected chi connectivity index (χ1v) is 11.6. The van der Waals surface area contributed by atoms with Gasteiger partial charge in [0.15, 0.2) is 5.16 Å². The van der Waals surface area contributed by atoms with E-state index in [9.17, 15) is 4.79 Å². The standard InChI is InChI=1S/C23H18N4O2S2/c1-14-7-8-17(11-15(14)2)27-22(28)18-5-3-4-6-19(18)24-23(27)31-13-20-25-21(26-29-20)16-9-10-30-12-16/h3-12H,13H2,1-2H3. The summed E-state index contributed by atoms with van der Waals surface area (Å²) in [6.07, 6.45) is 0. The highest BCUT2D eigenvalue weighted by atomic mass is 32.2. The number of thiophene rings is 1. The van der Waals surface area contributed by atoms with Crippen molar-refractivity contribution in [3.05, 3.63) is 86.7 Å². The summed E-state index contributed by atoms with van der Waals surface area (Å²) in [6, 6.07) is 15.3. The number of fused-ring (bicyclic) bond motifs is 1. The molecule has 0 saturated heterocycles. The molecule has 5 rings (SSSR count). The van der Waals surface area contributed by atoms with Crippen LogP contribution in [0.5, 0.6) is 0 Å². The molecule has 0 unspecified atom stereocenters. The van der Waals surface area contributed by atoms with Gasteiger partial charge in [0, 0.05) is 10.9 Å². The molecule has 0 bridgehead atoms. The molecule has 154 valence electrons. The first-order chi connectivity index (χ1) is 15.1. The van der Waals surface area contributed by atoms with E-state index >= 15 is 0 Å². The van der Waals surface area contributed by atoms with Gasteiger partial charge in [-0.1, -0.05) is 35.1 Å². The van der Waals surface area contributed by atoms with E-state index < -0.39 is 0 Å². The van der Waals surface area contributed by atoms with Crippen molar-refractivity contribution in [1.29, 1.82) is 0 Å². The predicted molar refractivity (Wildman–Crippen MR) is 124 cm³/mol. The van der Waals surface area contributed by atoms with Gasteiger partial charge in [0.1, 0.15) is 0 Å². The van der Waals surface area contributed by atoms with E-state index in [-0.39, 0.29) is 5.56 Å². The Labute approximate surface area is 186 Å². The van der Waals surface area contributed by atoms with Gasteiger partial charge in [-0.15, -0.1) is 0 Å². The van der Waals surface area contributed by atoms with Gasteiger partial charge >= 0.3 is 0 Å². The monoisotopic (exact) mass is 446 g/mol. The summed E-state index contributed by atoms with van der Waals surface area (Å²) in [5.41, 5.74) is 4.58. The Morgan fingerprint density at radius 1 is 1.06 bits per heavy atom. The summed E-state index contributed by atoms with van der Waals surface area (Å²) in [4.78, 5) is 22.6. The molecule has 3 aromatic heterocycles. The van der Waals surface area contributed by atoms with Gasteiger partial charge in [0.2, 0.25) is 11.7 Å². The second-order valence-electron chi connectivity index (χ2n) is 7.13. The molecular weight excluding hydrogens is 428 g/mol. The SMILES string of the molecule is Cc1ccc(-n2c(SCc3nc(-c4ccsc4)no3)nc3ccccc3c2=O)cc1C. The van der Waals surface area contributed by atoms with Gasteiger partial charge < -0.3 is 4.52 Å². The molecule has 2 aromatic carbocycles. The van der Waals surface area contributed by atoms with Gasteiger partial charge in [0.25, 0.3) is 5.56 Å². The first-order valence-electron chi connectivity index (χ1n) is 9.67. The minimum atomic E-state index is -0.0964. The third kappa shape index (κ3) is 3.80. The Morgan fingerprint density at radius 2 is 1.94 bits per heavy atom. The van der Waals surface area contributed by atoms with Crippen molar-refractivity contribution in [2.24, 2.45) is 0 Å². The smallest absolute Gasteiger partial charge is 0.266 e. The molecule has 0 amide bonds. The molecule has 0 atom stereocenters. The van der Waals surface area contributed by atoms with Crippen molar-refractivity contribution < 1.29 is 4.52 Å². The molecule has 0 spiro atoms. The number of para-hydroxylation sites is 1. The molecule has 0 aliphatic carbocycles. The number of aryl methyl sites for hydroxylation is 2. The molecule has 0 aliphatic rings. The number of rotatable bonds is 5. The van der Waals surface area contributed by atoms with Crippen LogP contribution < -0.4 is 5.56 Å². The van der Waals surface area contributed by atoms with Crippen LogP contribution in [0.3, 0.4) is 0 Å². The van der Waals surface area contributed by atoms with E-state index in [1.807, 2.05) is 66.2 Å². The van der Waals surface area contributed by atoms with Gasteiger partial charge in [-0.3, -0.25) is 9.36 Å². The van der Waals surface area contributed by atoms with Crippen LogP contribution in [0, 0.1) is 13.8 Å². The van der Waals surface area contributed by atoms with Crippen LogP contribution in [-0.4, -0.2) is 19.7 Å². The van der Waals surface area contributed by atoms with Gasteiger partial charge in [-0.05, 0) is 60.7 Å². The molecule has 0 fully saturated rings. The van der Waals surface area contributed by atoms with E-state index in [4.69, 9.17) is 9.51 Å². The minimum absolute atomic E-state index is 0.0964. The van der Waals surface area contributed by atoms with Crippen LogP contribution in [-0.2, 0) is 5.75 Å². The second kappa shape index (κ2) is 8.13. The lowest BCUT2D eigenvalue weighted by molar-refractivity contribution is 0.391. The van der Waals surface area contributed by atoms with Crippen LogP contribution in [0.2, 0.25) is 0 Å². The van der Waals surface area contributed by atoms with E-state index in [2.05, 4.69) is 17.1 Å². The summed E-state index contributed by atoms with van der Waals surface area (Å²) in [5.74, 6) is 1.46. The molecule has 31 heavy (non-hydrogen) atoms. The number of hydrogen-bond acceptors (Lipinski definition) is 7. The van der Waals surface area contributed by atoms with Crippen molar-refractivity contribution in [3.8, 4) is 17.1 Å². The fourth-order valence-electron chi connectivity index (χ4n) is 3.25. The molecule has 0 aliphatic heterocycles. The zero-order valence-corrected chi connectivity index (χ0v) is 18.5. The second-order valence-corrected chi connectivity index (χ2v) is 8.86.